The van der Waals surface area contributed by atoms with Gasteiger partial charge in [-0.15, -0.1) is 0 Å². The third-order valence-electron chi connectivity index (χ3n) is 6.52. The SMILES string of the molecule is CCOC(=O)c1cc(-c2ccccc2)c2c(c1-c1ccccc1)CN(S(=O)(=O)c1ccc(C)cc1)C2. The largest absolute Gasteiger partial charge is 0.462 e. The summed E-state index contributed by atoms with van der Waals surface area (Å²) >= 11 is 0. The van der Waals surface area contributed by atoms with E-state index in [1.165, 1.54) is 4.31 Å². The lowest BCUT2D eigenvalue weighted by Gasteiger charge is -2.18. The summed E-state index contributed by atoms with van der Waals surface area (Å²) in [4.78, 5) is 13.5. The lowest BCUT2D eigenvalue weighted by Crippen LogP contribution is -2.25. The fourth-order valence-corrected chi connectivity index (χ4v) is 6.13. The lowest BCUT2D eigenvalue weighted by atomic mass is 9.87. The van der Waals surface area contributed by atoms with Gasteiger partial charge in [-0.1, -0.05) is 78.4 Å². The number of carbonyl (C=O) groups is 1. The van der Waals surface area contributed by atoms with Crippen LogP contribution < -0.4 is 0 Å². The predicted octanol–water partition coefficient (Wildman–Crippen LogP) is 6.21. The highest BCUT2D eigenvalue weighted by Gasteiger charge is 2.36. The summed E-state index contributed by atoms with van der Waals surface area (Å²) < 4.78 is 34.3. The highest BCUT2D eigenvalue weighted by atomic mass is 32.2. The molecule has 6 heteroatoms. The Kier molecular flexibility index (Phi) is 6.48. The fourth-order valence-electron chi connectivity index (χ4n) is 4.75. The first-order valence-electron chi connectivity index (χ1n) is 11.9. The fraction of sp³-hybridized carbons (Fsp3) is 0.167. The van der Waals surface area contributed by atoms with Crippen LogP contribution >= 0.6 is 0 Å². The molecule has 0 bridgehead atoms. The Morgan fingerprint density at radius 3 is 2.03 bits per heavy atom. The summed E-state index contributed by atoms with van der Waals surface area (Å²) in [6.45, 7) is 4.35. The van der Waals surface area contributed by atoms with E-state index in [4.69, 9.17) is 4.74 Å². The number of fused-ring (bicyclic) bond motifs is 1. The minimum absolute atomic E-state index is 0.169. The summed E-state index contributed by atoms with van der Waals surface area (Å²) in [5, 5.41) is 0. The van der Waals surface area contributed by atoms with E-state index in [0.29, 0.717) is 5.56 Å². The van der Waals surface area contributed by atoms with Gasteiger partial charge in [0.05, 0.1) is 17.1 Å². The van der Waals surface area contributed by atoms with Crippen molar-refractivity contribution in [3.63, 3.8) is 0 Å². The van der Waals surface area contributed by atoms with Crippen molar-refractivity contribution in [1.29, 1.82) is 0 Å². The quantitative estimate of drug-likeness (QED) is 0.297. The highest BCUT2D eigenvalue weighted by Crippen LogP contribution is 2.43. The Bertz CT molecular complexity index is 1510. The third-order valence-corrected chi connectivity index (χ3v) is 8.33. The average Bonchev–Trinajstić information content (AvgIpc) is 3.35. The predicted molar refractivity (Wildman–Crippen MR) is 141 cm³/mol. The van der Waals surface area contributed by atoms with Crippen LogP contribution in [0.15, 0.2) is 95.9 Å². The molecular weight excluding hydrogens is 470 g/mol. The second-order valence-electron chi connectivity index (χ2n) is 8.84. The van der Waals surface area contributed by atoms with Crippen molar-refractivity contribution in [2.75, 3.05) is 6.61 Å². The van der Waals surface area contributed by atoms with E-state index < -0.39 is 16.0 Å². The molecule has 0 N–H and O–H groups in total. The van der Waals surface area contributed by atoms with Crippen molar-refractivity contribution in [1.82, 2.24) is 4.31 Å². The van der Waals surface area contributed by atoms with E-state index in [-0.39, 0.29) is 24.6 Å². The van der Waals surface area contributed by atoms with E-state index in [9.17, 15) is 13.2 Å². The van der Waals surface area contributed by atoms with Crippen LogP contribution in [-0.2, 0) is 27.8 Å². The van der Waals surface area contributed by atoms with Crippen LogP contribution in [0.5, 0.6) is 0 Å². The molecule has 1 heterocycles. The summed E-state index contributed by atoms with van der Waals surface area (Å²) in [6, 6.07) is 28.2. The van der Waals surface area contributed by atoms with Gasteiger partial charge in [0.15, 0.2) is 0 Å². The molecule has 0 aromatic heterocycles. The maximum atomic E-state index is 13.7. The molecule has 0 fully saturated rings. The average molecular weight is 498 g/mol. The van der Waals surface area contributed by atoms with Gasteiger partial charge in [0.1, 0.15) is 0 Å². The van der Waals surface area contributed by atoms with Crippen molar-refractivity contribution >= 4 is 16.0 Å². The third kappa shape index (κ3) is 4.34. The Hall–Kier alpha value is -3.74. The maximum Gasteiger partial charge on any atom is 0.338 e. The number of aryl methyl sites for hydroxylation is 1. The van der Waals surface area contributed by atoms with E-state index in [1.54, 1.807) is 31.2 Å². The van der Waals surface area contributed by atoms with Crippen molar-refractivity contribution < 1.29 is 17.9 Å². The molecule has 0 unspecified atom stereocenters. The number of hydrogen-bond donors (Lipinski definition) is 0. The van der Waals surface area contributed by atoms with Gasteiger partial charge in [-0.3, -0.25) is 0 Å². The summed E-state index contributed by atoms with van der Waals surface area (Å²) in [7, 11) is -3.75. The zero-order chi connectivity index (χ0) is 25.3. The van der Waals surface area contributed by atoms with Gasteiger partial charge >= 0.3 is 5.97 Å². The van der Waals surface area contributed by atoms with Crippen LogP contribution in [0.4, 0.5) is 0 Å². The van der Waals surface area contributed by atoms with Crippen LogP contribution in [0.1, 0.15) is 34.0 Å². The van der Waals surface area contributed by atoms with Gasteiger partial charge in [0.25, 0.3) is 0 Å². The number of ether oxygens (including phenoxy) is 1. The van der Waals surface area contributed by atoms with Gasteiger partial charge in [-0.2, -0.15) is 4.31 Å². The number of sulfonamides is 1. The monoisotopic (exact) mass is 497 g/mol. The molecule has 0 aliphatic carbocycles. The van der Waals surface area contributed by atoms with Gasteiger partial charge in [0.2, 0.25) is 10.0 Å². The summed E-state index contributed by atoms with van der Waals surface area (Å²) in [5.74, 6) is -0.420. The van der Waals surface area contributed by atoms with E-state index in [0.717, 1.165) is 38.9 Å². The Morgan fingerprint density at radius 2 is 1.42 bits per heavy atom. The normalized spacial score (nSPS) is 13.4. The number of benzene rings is 4. The molecule has 0 amide bonds. The zero-order valence-electron chi connectivity index (χ0n) is 20.3. The molecule has 1 aliphatic heterocycles. The molecule has 4 aromatic rings. The van der Waals surface area contributed by atoms with Crippen molar-refractivity contribution in [2.24, 2.45) is 0 Å². The molecule has 4 aromatic carbocycles. The number of carbonyl (C=O) groups excluding carboxylic acids is 1. The molecular formula is C30H27NO4S. The van der Waals surface area contributed by atoms with Gasteiger partial charge in [-0.25, -0.2) is 13.2 Å². The topological polar surface area (TPSA) is 63.7 Å². The second-order valence-corrected chi connectivity index (χ2v) is 10.8. The molecule has 182 valence electrons. The number of esters is 1. The van der Waals surface area contributed by atoms with Crippen LogP contribution in [0, 0.1) is 6.92 Å². The van der Waals surface area contributed by atoms with Crippen molar-refractivity contribution in [2.45, 2.75) is 31.8 Å². The van der Waals surface area contributed by atoms with E-state index in [1.807, 2.05) is 73.7 Å². The summed E-state index contributed by atoms with van der Waals surface area (Å²) in [6.07, 6.45) is 0. The number of nitrogens with zero attached hydrogens (tertiary/aromatic N) is 1. The molecule has 0 radical (unpaired) electrons. The van der Waals surface area contributed by atoms with Crippen LogP contribution in [-0.4, -0.2) is 25.3 Å². The van der Waals surface area contributed by atoms with E-state index in [2.05, 4.69) is 0 Å². The molecule has 0 atom stereocenters. The second kappa shape index (κ2) is 9.72. The van der Waals surface area contributed by atoms with Crippen molar-refractivity contribution in [3.05, 3.63) is 113 Å². The van der Waals surface area contributed by atoms with Gasteiger partial charge in [-0.05, 0) is 59.9 Å². The maximum absolute atomic E-state index is 13.7. The molecule has 0 saturated carbocycles. The molecule has 0 spiro atoms. The molecule has 1 aliphatic rings. The lowest BCUT2D eigenvalue weighted by molar-refractivity contribution is 0.0527. The Balaban J connectivity index is 1.73. The standard InChI is InChI=1S/C30H27NO4S/c1-3-35-30(32)26-18-25(22-10-6-4-7-11-22)27-19-31(36(33,34)24-16-14-21(2)15-17-24)20-28(27)29(26)23-12-8-5-9-13-23/h4-18H,3,19-20H2,1-2H3. The van der Waals surface area contributed by atoms with Crippen molar-refractivity contribution in [3.8, 4) is 22.3 Å². The highest BCUT2D eigenvalue weighted by molar-refractivity contribution is 7.89. The number of hydrogen-bond acceptors (Lipinski definition) is 4. The van der Waals surface area contributed by atoms with Crippen LogP contribution in [0.2, 0.25) is 0 Å². The first-order valence-corrected chi connectivity index (χ1v) is 13.4. The first kappa shape index (κ1) is 24.0. The number of rotatable bonds is 6. The first-order chi connectivity index (χ1) is 17.4. The molecule has 5 rings (SSSR count). The molecule has 5 nitrogen and oxygen atoms in total. The Labute approximate surface area is 212 Å². The minimum atomic E-state index is -3.75. The smallest absolute Gasteiger partial charge is 0.338 e. The van der Waals surface area contributed by atoms with Gasteiger partial charge < -0.3 is 4.74 Å². The van der Waals surface area contributed by atoms with Crippen LogP contribution in [0.25, 0.3) is 22.3 Å². The van der Waals surface area contributed by atoms with Gasteiger partial charge in [0, 0.05) is 18.7 Å². The summed E-state index contributed by atoms with van der Waals surface area (Å²) in [5.41, 5.74) is 6.52. The van der Waals surface area contributed by atoms with E-state index >= 15 is 0 Å². The minimum Gasteiger partial charge on any atom is -0.462 e. The molecule has 0 saturated heterocycles. The Morgan fingerprint density at radius 1 is 0.833 bits per heavy atom. The zero-order valence-corrected chi connectivity index (χ0v) is 21.1. The molecule has 36 heavy (non-hydrogen) atoms. The van der Waals surface area contributed by atoms with Crippen LogP contribution in [0.3, 0.4) is 0 Å².